The van der Waals surface area contributed by atoms with Gasteiger partial charge >= 0.3 is 0 Å². The van der Waals surface area contributed by atoms with Crippen molar-refractivity contribution >= 4 is 11.6 Å². The maximum absolute atomic E-state index is 6.04. The lowest BCUT2D eigenvalue weighted by atomic mass is 10.1. The molecule has 0 N–H and O–H groups in total. The Labute approximate surface area is 123 Å². The first-order valence-electron chi connectivity index (χ1n) is 6.54. The van der Waals surface area contributed by atoms with Crippen molar-refractivity contribution in [3.63, 3.8) is 0 Å². The first-order valence-corrected chi connectivity index (χ1v) is 6.92. The number of halogens is 1. The largest absolute Gasteiger partial charge is 0.490 e. The van der Waals surface area contributed by atoms with Gasteiger partial charge in [-0.3, -0.25) is 0 Å². The van der Waals surface area contributed by atoms with Crippen LogP contribution in [0.2, 0.25) is 5.15 Å². The Hall–Kier alpha value is -1.81. The molecule has 1 heterocycles. The minimum absolute atomic E-state index is 0.460. The minimum atomic E-state index is 0.460. The van der Waals surface area contributed by atoms with E-state index in [1.54, 1.807) is 0 Å². The van der Waals surface area contributed by atoms with Gasteiger partial charge in [-0.2, -0.15) is 0 Å². The third-order valence-electron chi connectivity index (χ3n) is 2.84. The summed E-state index contributed by atoms with van der Waals surface area (Å²) in [6, 6.07) is 5.75. The van der Waals surface area contributed by atoms with Crippen molar-refractivity contribution in [1.82, 2.24) is 9.97 Å². The first kappa shape index (κ1) is 14.6. The fourth-order valence-corrected chi connectivity index (χ4v) is 2.05. The lowest BCUT2D eigenvalue weighted by molar-refractivity contribution is 0.288. The number of rotatable bonds is 5. The Morgan fingerprint density at radius 1 is 1.05 bits per heavy atom. The highest BCUT2D eigenvalue weighted by molar-refractivity contribution is 6.30. The van der Waals surface area contributed by atoms with E-state index in [1.165, 1.54) is 6.33 Å². The van der Waals surface area contributed by atoms with Gasteiger partial charge in [0, 0.05) is 11.1 Å². The predicted molar refractivity (Wildman–Crippen MR) is 79.6 cm³/mol. The van der Waals surface area contributed by atoms with E-state index in [0.29, 0.717) is 24.1 Å². The number of aromatic nitrogens is 2. The number of nitrogens with zero attached hydrogens (tertiary/aromatic N) is 2. The van der Waals surface area contributed by atoms with E-state index in [2.05, 4.69) is 9.97 Å². The topological polar surface area (TPSA) is 44.2 Å². The molecule has 1 aromatic heterocycles. The van der Waals surface area contributed by atoms with Gasteiger partial charge in [-0.15, -0.1) is 0 Å². The summed E-state index contributed by atoms with van der Waals surface area (Å²) in [5.74, 6) is 1.44. The maximum atomic E-state index is 6.04. The highest BCUT2D eigenvalue weighted by Crippen LogP contribution is 2.34. The van der Waals surface area contributed by atoms with Crippen LogP contribution in [0.15, 0.2) is 24.5 Å². The average molecular weight is 293 g/mol. The highest BCUT2D eigenvalue weighted by atomic mass is 35.5. The molecule has 0 aliphatic heterocycles. The highest BCUT2D eigenvalue weighted by Gasteiger charge is 2.11. The molecule has 0 aliphatic carbocycles. The monoisotopic (exact) mass is 292 g/mol. The normalized spacial score (nSPS) is 10.4. The second kappa shape index (κ2) is 6.57. The van der Waals surface area contributed by atoms with E-state index in [9.17, 15) is 0 Å². The number of hydrogen-bond donors (Lipinski definition) is 0. The smallest absolute Gasteiger partial charge is 0.161 e. The molecule has 0 spiro atoms. The van der Waals surface area contributed by atoms with Crippen LogP contribution < -0.4 is 9.47 Å². The van der Waals surface area contributed by atoms with E-state index in [0.717, 1.165) is 22.6 Å². The predicted octanol–water partition coefficient (Wildman–Crippen LogP) is 3.90. The van der Waals surface area contributed by atoms with Crippen LogP contribution in [0.5, 0.6) is 11.5 Å². The molecule has 0 aliphatic rings. The van der Waals surface area contributed by atoms with Gasteiger partial charge in [0.15, 0.2) is 11.5 Å². The molecule has 0 amide bonds. The van der Waals surface area contributed by atoms with Gasteiger partial charge in [-0.1, -0.05) is 11.6 Å². The van der Waals surface area contributed by atoms with Gasteiger partial charge in [0.05, 0.1) is 18.9 Å². The van der Waals surface area contributed by atoms with E-state index in [4.69, 9.17) is 21.1 Å². The van der Waals surface area contributed by atoms with Crippen molar-refractivity contribution in [1.29, 1.82) is 0 Å². The lowest BCUT2D eigenvalue weighted by Crippen LogP contribution is -1.99. The van der Waals surface area contributed by atoms with Crippen LogP contribution >= 0.6 is 11.6 Å². The molecule has 0 fully saturated rings. The summed E-state index contributed by atoms with van der Waals surface area (Å²) in [5.41, 5.74) is 2.58. The Bertz CT molecular complexity index is 602. The van der Waals surface area contributed by atoms with Crippen molar-refractivity contribution < 1.29 is 9.47 Å². The molecule has 1 aromatic carbocycles. The van der Waals surface area contributed by atoms with Crippen LogP contribution in [0.4, 0.5) is 0 Å². The van der Waals surface area contributed by atoms with Crippen molar-refractivity contribution in [3.05, 3.63) is 35.2 Å². The molecule has 5 heteroatoms. The summed E-state index contributed by atoms with van der Waals surface area (Å²) in [7, 11) is 0. The van der Waals surface area contributed by atoms with Crippen molar-refractivity contribution in [2.45, 2.75) is 20.8 Å². The van der Waals surface area contributed by atoms with E-state index < -0.39 is 0 Å². The third kappa shape index (κ3) is 3.02. The number of hydrogen-bond acceptors (Lipinski definition) is 4. The van der Waals surface area contributed by atoms with Gasteiger partial charge in [0.2, 0.25) is 0 Å². The molecule has 0 saturated carbocycles. The Morgan fingerprint density at radius 2 is 1.75 bits per heavy atom. The number of ether oxygens (including phenoxy) is 2. The lowest BCUT2D eigenvalue weighted by Gasteiger charge is -2.13. The molecule has 4 nitrogen and oxygen atoms in total. The van der Waals surface area contributed by atoms with Crippen molar-refractivity contribution in [2.24, 2.45) is 0 Å². The van der Waals surface area contributed by atoms with E-state index in [1.807, 2.05) is 39.0 Å². The second-order valence-electron chi connectivity index (χ2n) is 4.17. The van der Waals surface area contributed by atoms with Gasteiger partial charge in [0.1, 0.15) is 11.5 Å². The third-order valence-corrected chi connectivity index (χ3v) is 3.22. The molecule has 0 radical (unpaired) electrons. The minimum Gasteiger partial charge on any atom is -0.490 e. The average Bonchev–Trinajstić information content (AvgIpc) is 2.44. The maximum Gasteiger partial charge on any atom is 0.161 e. The zero-order chi connectivity index (χ0) is 14.5. The van der Waals surface area contributed by atoms with Gasteiger partial charge < -0.3 is 9.47 Å². The summed E-state index contributed by atoms with van der Waals surface area (Å²) in [6.45, 7) is 6.95. The molecule has 20 heavy (non-hydrogen) atoms. The fraction of sp³-hybridized carbons (Fsp3) is 0.333. The first-order chi connectivity index (χ1) is 9.67. The molecule has 2 rings (SSSR count). The zero-order valence-electron chi connectivity index (χ0n) is 11.8. The quantitative estimate of drug-likeness (QED) is 0.784. The van der Waals surface area contributed by atoms with Crippen molar-refractivity contribution in [2.75, 3.05) is 13.2 Å². The van der Waals surface area contributed by atoms with Gasteiger partial charge in [-0.05, 0) is 39.0 Å². The number of benzene rings is 1. The summed E-state index contributed by atoms with van der Waals surface area (Å²) in [4.78, 5) is 8.26. The summed E-state index contributed by atoms with van der Waals surface area (Å²) in [6.07, 6.45) is 1.46. The van der Waals surface area contributed by atoms with Crippen LogP contribution in [-0.4, -0.2) is 23.2 Å². The van der Waals surface area contributed by atoms with Crippen LogP contribution in [0.1, 0.15) is 19.4 Å². The molecular formula is C15H17ClN2O2. The standard InChI is InChI=1S/C15H17ClN2O2/c1-4-19-12-7-6-11(8-13(12)20-5-2)14-10(3)15(16)18-9-17-14/h6-9H,4-5H2,1-3H3. The molecule has 0 atom stereocenters. The Kier molecular flexibility index (Phi) is 4.79. The Morgan fingerprint density at radius 3 is 2.45 bits per heavy atom. The van der Waals surface area contributed by atoms with Crippen molar-refractivity contribution in [3.8, 4) is 22.8 Å². The van der Waals surface area contributed by atoms with Crippen LogP contribution in [0.25, 0.3) is 11.3 Å². The van der Waals surface area contributed by atoms with Gasteiger partial charge in [-0.25, -0.2) is 9.97 Å². The zero-order valence-corrected chi connectivity index (χ0v) is 12.6. The summed E-state index contributed by atoms with van der Waals surface area (Å²) in [5, 5.41) is 0.460. The molecule has 0 unspecified atom stereocenters. The van der Waals surface area contributed by atoms with E-state index in [-0.39, 0.29) is 0 Å². The molecule has 0 saturated heterocycles. The molecule has 0 bridgehead atoms. The van der Waals surface area contributed by atoms with Crippen LogP contribution in [0, 0.1) is 6.92 Å². The summed E-state index contributed by atoms with van der Waals surface area (Å²) < 4.78 is 11.2. The Balaban J connectivity index is 2.47. The SMILES string of the molecule is CCOc1ccc(-c2ncnc(Cl)c2C)cc1OCC. The molecular weight excluding hydrogens is 276 g/mol. The second-order valence-corrected chi connectivity index (χ2v) is 4.52. The molecule has 2 aromatic rings. The fourth-order valence-electron chi connectivity index (χ4n) is 1.92. The van der Waals surface area contributed by atoms with Crippen LogP contribution in [0.3, 0.4) is 0 Å². The van der Waals surface area contributed by atoms with E-state index >= 15 is 0 Å². The van der Waals surface area contributed by atoms with Crippen LogP contribution in [-0.2, 0) is 0 Å². The molecule has 106 valence electrons. The summed E-state index contributed by atoms with van der Waals surface area (Å²) >= 11 is 6.04. The van der Waals surface area contributed by atoms with Gasteiger partial charge in [0.25, 0.3) is 0 Å².